The van der Waals surface area contributed by atoms with Gasteiger partial charge in [0.2, 0.25) is 0 Å². The second-order valence-electron chi connectivity index (χ2n) is 12.5. The molecule has 0 atom stereocenters. The second-order valence-corrected chi connectivity index (χ2v) is 12.5. The van der Waals surface area contributed by atoms with E-state index in [9.17, 15) is 61.3 Å². The third-order valence-electron chi connectivity index (χ3n) is 8.95. The van der Waals surface area contributed by atoms with E-state index in [1.807, 2.05) is 24.3 Å². The summed E-state index contributed by atoms with van der Waals surface area (Å²) >= 11 is 0. The van der Waals surface area contributed by atoms with Crippen molar-refractivity contribution in [1.82, 2.24) is 0 Å². The van der Waals surface area contributed by atoms with Crippen molar-refractivity contribution < 1.29 is 61.3 Å². The first kappa shape index (κ1) is 36.2. The molecule has 12 heteroatoms. The Labute approximate surface area is 307 Å². The molecule has 7 rings (SSSR count). The van der Waals surface area contributed by atoms with Gasteiger partial charge in [0, 0.05) is 87.0 Å². The zero-order valence-electron chi connectivity index (χ0n) is 28.1. The Bertz CT molecular complexity index is 2390. The van der Waals surface area contributed by atoms with E-state index in [1.165, 1.54) is 60.7 Å². The summed E-state index contributed by atoms with van der Waals surface area (Å²) in [5.74, 6) is -4.68. The van der Waals surface area contributed by atoms with Crippen LogP contribution in [-0.4, -0.2) is 61.3 Å². The Balaban J connectivity index is 0.000000185. The predicted octanol–water partition coefficient (Wildman–Crippen LogP) is 7.35. The number of rotatable bonds is 6. The van der Waals surface area contributed by atoms with E-state index in [0.29, 0.717) is 22.1 Å². The van der Waals surface area contributed by atoms with Crippen LogP contribution in [0, 0.1) is 0 Å². The molecule has 0 amide bonds. The van der Waals surface area contributed by atoms with Crippen LogP contribution in [0.15, 0.2) is 121 Å². The normalized spacial score (nSPS) is 11.1. The third-order valence-corrected chi connectivity index (χ3v) is 8.95. The molecule has 0 aromatic heterocycles. The smallest absolute Gasteiger partial charge is 0.127 e. The van der Waals surface area contributed by atoms with Crippen LogP contribution in [-0.2, 0) is 0 Å². The minimum atomic E-state index is -1.06. The van der Waals surface area contributed by atoms with E-state index in [1.54, 1.807) is 12.1 Å². The molecule has 12 N–H and O–H groups in total. The third kappa shape index (κ3) is 7.12. The standard InChI is InChI=1S/C23H18O5.C19H16O7/c24-14-6-9-17(20(26)11-14)22(18-10-7-15(25)12-21(18)27)19-8-5-13-3-1-2-4-16(13)23(19)28;20-9-1-3-12(14(23)5-9)18(13-4-2-10(21)6-15(13)24)19-16(25)7-11(22)8-17(19)26/h1-12,22,24-28H;1-8,18,20-26H. The summed E-state index contributed by atoms with van der Waals surface area (Å²) in [6, 6.07) is 28.8. The molecule has 0 unspecified atom stereocenters. The van der Waals surface area contributed by atoms with E-state index in [2.05, 4.69) is 0 Å². The van der Waals surface area contributed by atoms with E-state index in [-0.39, 0.29) is 74.2 Å². The van der Waals surface area contributed by atoms with Crippen LogP contribution in [0.4, 0.5) is 0 Å². The van der Waals surface area contributed by atoms with Gasteiger partial charge in [-0.2, -0.15) is 0 Å². The highest BCUT2D eigenvalue weighted by Crippen LogP contribution is 2.49. The summed E-state index contributed by atoms with van der Waals surface area (Å²) in [5.41, 5.74) is 1.51. The lowest BCUT2D eigenvalue weighted by molar-refractivity contribution is 0.413. The maximum atomic E-state index is 11.0. The topological polar surface area (TPSA) is 243 Å². The number of benzene rings is 7. The van der Waals surface area contributed by atoms with Gasteiger partial charge in [0.15, 0.2) is 0 Å². The maximum Gasteiger partial charge on any atom is 0.127 e. The van der Waals surface area contributed by atoms with Crippen molar-refractivity contribution in [3.63, 3.8) is 0 Å². The van der Waals surface area contributed by atoms with Gasteiger partial charge in [0.1, 0.15) is 69.0 Å². The van der Waals surface area contributed by atoms with E-state index in [0.717, 1.165) is 29.7 Å². The molecular formula is C42H34O12. The molecule has 54 heavy (non-hydrogen) atoms. The van der Waals surface area contributed by atoms with E-state index in [4.69, 9.17) is 0 Å². The molecule has 7 aromatic rings. The fraction of sp³-hybridized carbons (Fsp3) is 0.0476. The lowest BCUT2D eigenvalue weighted by Gasteiger charge is -2.23. The van der Waals surface area contributed by atoms with Crippen molar-refractivity contribution in [3.05, 3.63) is 155 Å². The van der Waals surface area contributed by atoms with Gasteiger partial charge in [-0.1, -0.05) is 60.7 Å². The van der Waals surface area contributed by atoms with Crippen molar-refractivity contribution in [3.8, 4) is 69.0 Å². The summed E-state index contributed by atoms with van der Waals surface area (Å²) in [4.78, 5) is 0. The van der Waals surface area contributed by atoms with Gasteiger partial charge < -0.3 is 61.3 Å². The molecule has 0 fully saturated rings. The van der Waals surface area contributed by atoms with E-state index >= 15 is 0 Å². The minimum Gasteiger partial charge on any atom is -0.508 e. The average Bonchev–Trinajstić information content (AvgIpc) is 3.10. The van der Waals surface area contributed by atoms with Crippen molar-refractivity contribution >= 4 is 10.8 Å². The number of phenols is 12. The molecule has 0 radical (unpaired) electrons. The molecule has 274 valence electrons. The Kier molecular flexibility index (Phi) is 9.76. The summed E-state index contributed by atoms with van der Waals surface area (Å²) in [6.45, 7) is 0. The molecule has 0 spiro atoms. The van der Waals surface area contributed by atoms with Crippen LogP contribution >= 0.6 is 0 Å². The quantitative estimate of drug-likeness (QED) is 0.0752. The summed E-state index contributed by atoms with van der Waals surface area (Å²) in [5, 5.41) is 122. The Morgan fingerprint density at radius 2 is 0.648 bits per heavy atom. The summed E-state index contributed by atoms with van der Waals surface area (Å²) in [6.07, 6.45) is 0. The number of phenolic OH excluding ortho intramolecular Hbond substituents is 12. The lowest BCUT2D eigenvalue weighted by Crippen LogP contribution is -2.05. The van der Waals surface area contributed by atoms with Gasteiger partial charge in [-0.25, -0.2) is 0 Å². The number of aromatic hydroxyl groups is 12. The number of hydrogen-bond acceptors (Lipinski definition) is 12. The Morgan fingerprint density at radius 1 is 0.296 bits per heavy atom. The molecular weight excluding hydrogens is 696 g/mol. The van der Waals surface area contributed by atoms with Crippen molar-refractivity contribution in [2.75, 3.05) is 0 Å². The van der Waals surface area contributed by atoms with Gasteiger partial charge in [0.25, 0.3) is 0 Å². The van der Waals surface area contributed by atoms with Gasteiger partial charge in [-0.3, -0.25) is 0 Å². The van der Waals surface area contributed by atoms with Crippen LogP contribution in [0.3, 0.4) is 0 Å². The van der Waals surface area contributed by atoms with Crippen LogP contribution in [0.5, 0.6) is 69.0 Å². The molecule has 0 aliphatic carbocycles. The van der Waals surface area contributed by atoms with Gasteiger partial charge in [-0.15, -0.1) is 0 Å². The number of hydrogen-bond donors (Lipinski definition) is 12. The zero-order chi connectivity index (χ0) is 38.8. The van der Waals surface area contributed by atoms with Crippen molar-refractivity contribution in [2.24, 2.45) is 0 Å². The van der Waals surface area contributed by atoms with Crippen LogP contribution in [0.25, 0.3) is 10.8 Å². The fourth-order valence-corrected chi connectivity index (χ4v) is 6.50. The van der Waals surface area contributed by atoms with Gasteiger partial charge >= 0.3 is 0 Å². The summed E-state index contributed by atoms with van der Waals surface area (Å²) < 4.78 is 0. The first-order chi connectivity index (χ1) is 25.7. The van der Waals surface area contributed by atoms with Gasteiger partial charge in [-0.05, 0) is 29.7 Å². The zero-order valence-corrected chi connectivity index (χ0v) is 28.1. The monoisotopic (exact) mass is 730 g/mol. The van der Waals surface area contributed by atoms with Gasteiger partial charge in [0.05, 0.1) is 0 Å². The maximum absolute atomic E-state index is 11.0. The molecule has 0 aliphatic heterocycles. The number of fused-ring (bicyclic) bond motifs is 1. The molecule has 7 aromatic carbocycles. The molecule has 12 nitrogen and oxygen atoms in total. The Hall–Kier alpha value is -7.60. The predicted molar refractivity (Wildman–Crippen MR) is 198 cm³/mol. The summed E-state index contributed by atoms with van der Waals surface area (Å²) in [7, 11) is 0. The average molecular weight is 731 g/mol. The Morgan fingerprint density at radius 3 is 1.06 bits per heavy atom. The lowest BCUT2D eigenvalue weighted by atomic mass is 9.82. The van der Waals surface area contributed by atoms with Crippen molar-refractivity contribution in [1.29, 1.82) is 0 Å². The van der Waals surface area contributed by atoms with Crippen LogP contribution < -0.4 is 0 Å². The molecule has 0 saturated carbocycles. The molecule has 0 saturated heterocycles. The highest BCUT2D eigenvalue weighted by Gasteiger charge is 2.29. The molecule has 0 bridgehead atoms. The van der Waals surface area contributed by atoms with E-state index < -0.39 is 23.3 Å². The molecule has 0 aliphatic rings. The highest BCUT2D eigenvalue weighted by atomic mass is 16.3. The minimum absolute atomic E-state index is 0.0306. The second kappa shape index (κ2) is 14.6. The first-order valence-corrected chi connectivity index (χ1v) is 16.3. The largest absolute Gasteiger partial charge is 0.508 e. The SMILES string of the molecule is Oc1ccc(C(c2ccc(O)cc2O)c2c(O)cc(O)cc2O)c(O)c1.Oc1ccc(C(c2ccc(O)cc2O)c2ccc3ccccc3c2O)c(O)c1. The first-order valence-electron chi connectivity index (χ1n) is 16.3. The highest BCUT2D eigenvalue weighted by molar-refractivity contribution is 5.90. The van der Waals surface area contributed by atoms with Crippen molar-refractivity contribution in [2.45, 2.75) is 11.8 Å². The van der Waals surface area contributed by atoms with Crippen LogP contribution in [0.2, 0.25) is 0 Å². The molecule has 0 heterocycles. The van der Waals surface area contributed by atoms with Crippen LogP contribution in [0.1, 0.15) is 45.2 Å². The fourth-order valence-electron chi connectivity index (χ4n) is 6.50.